The molecule has 1 aromatic carbocycles. The molecule has 0 saturated heterocycles. The van der Waals surface area contributed by atoms with Crippen molar-refractivity contribution < 1.29 is 4.39 Å². The predicted octanol–water partition coefficient (Wildman–Crippen LogP) is 2.77. The van der Waals surface area contributed by atoms with Crippen LogP contribution in [-0.2, 0) is 0 Å². The quantitative estimate of drug-likeness (QED) is 0.632. The zero-order valence-electron chi connectivity index (χ0n) is 10.1. The molecule has 18 heavy (non-hydrogen) atoms. The number of nitrogens with zero attached hydrogens (tertiary/aromatic N) is 4. The van der Waals surface area contributed by atoms with Gasteiger partial charge in [-0.1, -0.05) is 13.8 Å². The first kappa shape index (κ1) is 12.8. The Morgan fingerprint density at radius 1 is 1.33 bits per heavy atom. The second-order valence-corrected chi connectivity index (χ2v) is 5.46. The number of rotatable bonds is 3. The lowest BCUT2D eigenvalue weighted by molar-refractivity contribution is 0.628. The van der Waals surface area contributed by atoms with Crippen molar-refractivity contribution in [3.63, 3.8) is 0 Å². The Hall–Kier alpha value is -1.69. The third-order valence-electron chi connectivity index (χ3n) is 2.04. The van der Waals surface area contributed by atoms with Crippen LogP contribution < -0.4 is 0 Å². The maximum Gasteiger partial charge on any atom is 0.139 e. The molecule has 0 fully saturated rings. The van der Waals surface area contributed by atoms with E-state index in [1.807, 2.05) is 0 Å². The summed E-state index contributed by atoms with van der Waals surface area (Å²) < 4.78 is 12.9. The summed E-state index contributed by atoms with van der Waals surface area (Å²) in [6.45, 7) is 4.15. The fourth-order valence-corrected chi connectivity index (χ4v) is 2.16. The van der Waals surface area contributed by atoms with E-state index in [0.29, 0.717) is 5.25 Å². The molecule has 0 unspecified atom stereocenters. The predicted molar refractivity (Wildman–Crippen MR) is 71.1 cm³/mol. The van der Waals surface area contributed by atoms with Gasteiger partial charge in [-0.25, -0.2) is 9.37 Å². The fourth-order valence-electron chi connectivity index (χ4n) is 1.31. The first-order valence-electron chi connectivity index (χ1n) is 5.51. The van der Waals surface area contributed by atoms with Gasteiger partial charge in [0.05, 0.1) is 0 Å². The van der Waals surface area contributed by atoms with E-state index in [9.17, 15) is 4.39 Å². The van der Waals surface area contributed by atoms with Crippen LogP contribution in [0.1, 0.15) is 19.4 Å². The molecule has 2 aromatic rings. The lowest BCUT2D eigenvalue weighted by Gasteiger charge is -2.08. The highest BCUT2D eigenvalue weighted by Crippen LogP contribution is 2.19. The number of benzene rings is 1. The molecule has 1 aromatic heterocycles. The van der Waals surface area contributed by atoms with Crippen LogP contribution in [0.4, 0.5) is 4.39 Å². The first-order valence-corrected chi connectivity index (χ1v) is 6.39. The van der Waals surface area contributed by atoms with Crippen LogP contribution in [0, 0.1) is 5.82 Å². The van der Waals surface area contributed by atoms with Crippen molar-refractivity contribution in [3.8, 4) is 0 Å². The third-order valence-corrected chi connectivity index (χ3v) is 3.05. The van der Waals surface area contributed by atoms with E-state index in [2.05, 4.69) is 29.0 Å². The summed E-state index contributed by atoms with van der Waals surface area (Å²) in [5.74, 6) is -0.256. The Labute approximate surface area is 109 Å². The molecular formula is C12H13FN4S. The summed E-state index contributed by atoms with van der Waals surface area (Å²) >= 11 is 1.60. The second kappa shape index (κ2) is 5.77. The fraction of sp³-hybridized carbons (Fsp3) is 0.250. The lowest BCUT2D eigenvalue weighted by Crippen LogP contribution is -2.04. The number of hydrogen-bond acceptors (Lipinski definition) is 4. The Bertz CT molecular complexity index is 520. The van der Waals surface area contributed by atoms with E-state index in [1.165, 1.54) is 29.6 Å². The van der Waals surface area contributed by atoms with Crippen molar-refractivity contribution in [2.45, 2.75) is 19.1 Å². The smallest absolute Gasteiger partial charge is 0.139 e. The monoisotopic (exact) mass is 264 g/mol. The van der Waals surface area contributed by atoms with E-state index < -0.39 is 0 Å². The molecule has 0 aliphatic heterocycles. The van der Waals surface area contributed by atoms with Crippen LogP contribution in [0.15, 0.2) is 42.0 Å². The SMILES string of the molecule is CC(C)SC(=Nn1cncn1)c1ccc(F)cc1. The lowest BCUT2D eigenvalue weighted by atomic mass is 10.2. The van der Waals surface area contributed by atoms with Crippen molar-refractivity contribution in [1.82, 2.24) is 14.9 Å². The van der Waals surface area contributed by atoms with Crippen LogP contribution in [0.5, 0.6) is 0 Å². The van der Waals surface area contributed by atoms with Gasteiger partial charge in [0.2, 0.25) is 0 Å². The molecule has 0 saturated carbocycles. The molecule has 0 spiro atoms. The minimum absolute atomic E-state index is 0.256. The number of aromatic nitrogens is 3. The normalized spacial score (nSPS) is 12.1. The van der Waals surface area contributed by atoms with Gasteiger partial charge in [-0.3, -0.25) is 0 Å². The van der Waals surface area contributed by atoms with Gasteiger partial charge in [0, 0.05) is 10.8 Å². The van der Waals surface area contributed by atoms with E-state index in [-0.39, 0.29) is 5.82 Å². The Morgan fingerprint density at radius 3 is 2.61 bits per heavy atom. The highest BCUT2D eigenvalue weighted by Gasteiger charge is 2.08. The first-order chi connectivity index (χ1) is 8.65. The Balaban J connectivity index is 2.33. The summed E-state index contributed by atoms with van der Waals surface area (Å²) in [7, 11) is 0. The Kier molecular flexibility index (Phi) is 4.09. The maximum atomic E-state index is 12.9. The van der Waals surface area contributed by atoms with Gasteiger partial charge < -0.3 is 0 Å². The molecule has 0 aliphatic rings. The van der Waals surface area contributed by atoms with Crippen molar-refractivity contribution in [3.05, 3.63) is 48.3 Å². The third kappa shape index (κ3) is 3.40. The van der Waals surface area contributed by atoms with Crippen molar-refractivity contribution in [2.24, 2.45) is 5.10 Å². The van der Waals surface area contributed by atoms with Gasteiger partial charge in [-0.15, -0.1) is 26.8 Å². The van der Waals surface area contributed by atoms with Gasteiger partial charge in [-0.2, -0.15) is 0 Å². The zero-order valence-corrected chi connectivity index (χ0v) is 10.9. The molecule has 4 nitrogen and oxygen atoms in total. The summed E-state index contributed by atoms with van der Waals surface area (Å²) in [6, 6.07) is 6.26. The minimum Gasteiger partial charge on any atom is -0.221 e. The van der Waals surface area contributed by atoms with E-state index in [0.717, 1.165) is 10.6 Å². The number of thioether (sulfide) groups is 1. The van der Waals surface area contributed by atoms with Crippen LogP contribution in [-0.4, -0.2) is 25.2 Å². The molecule has 0 atom stereocenters. The topological polar surface area (TPSA) is 43.1 Å². The highest BCUT2D eigenvalue weighted by molar-refractivity contribution is 8.14. The average Bonchev–Trinajstić information content (AvgIpc) is 2.81. The van der Waals surface area contributed by atoms with Gasteiger partial charge in [0.1, 0.15) is 23.5 Å². The molecule has 0 amide bonds. The minimum atomic E-state index is -0.256. The summed E-state index contributed by atoms with van der Waals surface area (Å²) in [6.07, 6.45) is 2.94. The standard InChI is InChI=1S/C12H13FN4S/c1-9(2)18-12(16-17-8-14-7-15-17)10-3-5-11(13)6-4-10/h3-9H,1-2H3. The van der Waals surface area contributed by atoms with Gasteiger partial charge >= 0.3 is 0 Å². The molecule has 6 heteroatoms. The van der Waals surface area contributed by atoms with Crippen LogP contribution in [0.25, 0.3) is 0 Å². The Morgan fingerprint density at radius 2 is 2.06 bits per heavy atom. The van der Waals surface area contributed by atoms with Gasteiger partial charge in [0.15, 0.2) is 0 Å². The van der Waals surface area contributed by atoms with Crippen LogP contribution >= 0.6 is 11.8 Å². The molecule has 1 heterocycles. The zero-order chi connectivity index (χ0) is 13.0. The molecule has 0 aliphatic carbocycles. The average molecular weight is 264 g/mol. The molecular weight excluding hydrogens is 251 g/mol. The van der Waals surface area contributed by atoms with E-state index >= 15 is 0 Å². The van der Waals surface area contributed by atoms with Crippen LogP contribution in [0.2, 0.25) is 0 Å². The molecule has 0 radical (unpaired) electrons. The maximum absolute atomic E-state index is 12.9. The van der Waals surface area contributed by atoms with E-state index in [4.69, 9.17) is 0 Å². The van der Waals surface area contributed by atoms with Crippen molar-refractivity contribution >= 4 is 16.8 Å². The number of hydrogen-bond donors (Lipinski definition) is 0. The molecule has 0 bridgehead atoms. The van der Waals surface area contributed by atoms with Crippen molar-refractivity contribution in [2.75, 3.05) is 0 Å². The van der Waals surface area contributed by atoms with Gasteiger partial charge in [0.25, 0.3) is 0 Å². The van der Waals surface area contributed by atoms with Gasteiger partial charge in [-0.05, 0) is 24.3 Å². The largest absolute Gasteiger partial charge is 0.221 e. The highest BCUT2D eigenvalue weighted by atomic mass is 32.2. The summed E-state index contributed by atoms with van der Waals surface area (Å²) in [5, 5.41) is 9.46. The molecule has 2 rings (SSSR count). The van der Waals surface area contributed by atoms with Crippen LogP contribution in [0.3, 0.4) is 0 Å². The molecule has 0 N–H and O–H groups in total. The summed E-state index contributed by atoms with van der Waals surface area (Å²) in [4.78, 5) is 5.23. The second-order valence-electron chi connectivity index (χ2n) is 3.89. The summed E-state index contributed by atoms with van der Waals surface area (Å²) in [5.41, 5.74) is 0.866. The van der Waals surface area contributed by atoms with Crippen molar-refractivity contribution in [1.29, 1.82) is 0 Å². The van der Waals surface area contributed by atoms with E-state index in [1.54, 1.807) is 23.9 Å². The molecule has 94 valence electrons. The number of halogens is 1.